The van der Waals surface area contributed by atoms with Crippen LogP contribution < -0.4 is 5.73 Å². The molecule has 3 nitrogen and oxygen atoms in total. The van der Waals surface area contributed by atoms with Gasteiger partial charge in [0.05, 0.1) is 5.56 Å². The quantitative estimate of drug-likeness (QED) is 0.664. The number of anilines is 1. The van der Waals surface area contributed by atoms with E-state index in [9.17, 15) is 9.18 Å². The van der Waals surface area contributed by atoms with Crippen LogP contribution in [0.3, 0.4) is 0 Å². The van der Waals surface area contributed by atoms with Crippen molar-refractivity contribution < 1.29 is 14.3 Å². The maximum atomic E-state index is 13.7. The summed E-state index contributed by atoms with van der Waals surface area (Å²) in [6.07, 6.45) is 0. The number of carboxylic acids is 1. The molecular weight excluding hydrogens is 265 g/mol. The first-order valence-corrected chi connectivity index (χ1v) is 6.55. The Morgan fingerprint density at radius 1 is 1.26 bits per heavy atom. The third-order valence-electron chi connectivity index (χ3n) is 2.57. The highest BCUT2D eigenvalue weighted by molar-refractivity contribution is 7.98. The van der Waals surface area contributed by atoms with Gasteiger partial charge in [0.2, 0.25) is 0 Å². The van der Waals surface area contributed by atoms with Crippen LogP contribution in [0, 0.1) is 5.82 Å². The van der Waals surface area contributed by atoms with Crippen LogP contribution in [0.5, 0.6) is 0 Å². The van der Waals surface area contributed by atoms with Crippen LogP contribution in [-0.2, 0) is 5.75 Å². The number of nitrogens with two attached hydrogens (primary N) is 1. The van der Waals surface area contributed by atoms with E-state index in [1.165, 1.54) is 17.8 Å². The molecule has 0 heterocycles. The van der Waals surface area contributed by atoms with Crippen molar-refractivity contribution in [3.63, 3.8) is 0 Å². The molecule has 0 aliphatic heterocycles. The summed E-state index contributed by atoms with van der Waals surface area (Å²) in [7, 11) is 0. The molecule has 0 unspecified atom stereocenters. The first kappa shape index (κ1) is 13.4. The first-order valence-electron chi connectivity index (χ1n) is 5.57. The Kier molecular flexibility index (Phi) is 4.06. The minimum Gasteiger partial charge on any atom is -0.478 e. The standard InChI is InChI=1S/C14H12FNO2S/c15-11-7-12(16)10(14(17)18)6-13(11)19-8-9-4-2-1-3-5-9/h1-7H,8,16H2,(H,17,18). The summed E-state index contributed by atoms with van der Waals surface area (Å²) in [6.45, 7) is 0. The van der Waals surface area contributed by atoms with Crippen molar-refractivity contribution in [3.05, 3.63) is 59.4 Å². The lowest BCUT2D eigenvalue weighted by atomic mass is 10.2. The molecule has 3 N–H and O–H groups in total. The second-order valence-corrected chi connectivity index (χ2v) is 4.97. The SMILES string of the molecule is Nc1cc(F)c(SCc2ccccc2)cc1C(=O)O. The molecule has 0 saturated carbocycles. The summed E-state index contributed by atoms with van der Waals surface area (Å²) in [5.41, 5.74) is 6.38. The topological polar surface area (TPSA) is 63.3 Å². The van der Waals surface area contributed by atoms with Crippen LogP contribution in [-0.4, -0.2) is 11.1 Å². The number of hydrogen-bond donors (Lipinski definition) is 2. The molecule has 98 valence electrons. The lowest BCUT2D eigenvalue weighted by molar-refractivity contribution is 0.0697. The van der Waals surface area contributed by atoms with Crippen LogP contribution >= 0.6 is 11.8 Å². The fourth-order valence-electron chi connectivity index (χ4n) is 1.60. The molecule has 0 aliphatic rings. The molecular formula is C14H12FNO2S. The monoisotopic (exact) mass is 277 g/mol. The summed E-state index contributed by atoms with van der Waals surface area (Å²) < 4.78 is 13.7. The highest BCUT2D eigenvalue weighted by Gasteiger charge is 2.13. The summed E-state index contributed by atoms with van der Waals surface area (Å²) in [5.74, 6) is -1.08. The number of benzene rings is 2. The predicted molar refractivity (Wildman–Crippen MR) is 73.8 cm³/mol. The van der Waals surface area contributed by atoms with Gasteiger partial charge in [-0.25, -0.2) is 9.18 Å². The molecule has 0 saturated heterocycles. The van der Waals surface area contributed by atoms with Crippen LogP contribution in [0.2, 0.25) is 0 Å². The lowest BCUT2D eigenvalue weighted by Gasteiger charge is -2.07. The second kappa shape index (κ2) is 5.75. The van der Waals surface area contributed by atoms with Gasteiger partial charge in [0.1, 0.15) is 5.82 Å². The highest BCUT2D eigenvalue weighted by Crippen LogP contribution is 2.29. The Hall–Kier alpha value is -2.01. The number of thioether (sulfide) groups is 1. The van der Waals surface area contributed by atoms with E-state index >= 15 is 0 Å². The number of halogens is 1. The molecule has 5 heteroatoms. The third-order valence-corrected chi connectivity index (χ3v) is 3.67. The molecule has 2 aromatic carbocycles. The van der Waals surface area contributed by atoms with Crippen molar-refractivity contribution >= 4 is 23.4 Å². The van der Waals surface area contributed by atoms with E-state index in [1.54, 1.807) is 0 Å². The first-order chi connectivity index (χ1) is 9.08. The van der Waals surface area contributed by atoms with E-state index in [1.807, 2.05) is 30.3 Å². The normalized spacial score (nSPS) is 10.4. The Labute approximate surface area is 114 Å². The highest BCUT2D eigenvalue weighted by atomic mass is 32.2. The van der Waals surface area contributed by atoms with Gasteiger partial charge in [0.25, 0.3) is 0 Å². The Morgan fingerprint density at radius 3 is 2.58 bits per heavy atom. The number of aromatic carboxylic acids is 1. The van der Waals surface area contributed by atoms with Gasteiger partial charge in [0.15, 0.2) is 0 Å². The van der Waals surface area contributed by atoms with E-state index in [2.05, 4.69) is 0 Å². The molecule has 2 aromatic rings. The summed E-state index contributed by atoms with van der Waals surface area (Å²) >= 11 is 1.25. The molecule has 0 amide bonds. The van der Waals surface area contributed by atoms with Gasteiger partial charge in [-0.2, -0.15) is 0 Å². The minimum atomic E-state index is -1.15. The molecule has 0 radical (unpaired) electrons. The van der Waals surface area contributed by atoms with E-state index in [0.29, 0.717) is 5.75 Å². The van der Waals surface area contributed by atoms with Gasteiger partial charge in [0, 0.05) is 16.3 Å². The minimum absolute atomic E-state index is 0.0611. The Balaban J connectivity index is 2.21. The van der Waals surface area contributed by atoms with Gasteiger partial charge < -0.3 is 10.8 Å². The largest absolute Gasteiger partial charge is 0.478 e. The van der Waals surface area contributed by atoms with Gasteiger partial charge in [-0.1, -0.05) is 30.3 Å². The number of rotatable bonds is 4. The molecule has 0 spiro atoms. The van der Waals surface area contributed by atoms with Crippen molar-refractivity contribution in [3.8, 4) is 0 Å². The van der Waals surface area contributed by atoms with Crippen LogP contribution in [0.25, 0.3) is 0 Å². The summed E-state index contributed by atoms with van der Waals surface area (Å²) in [5, 5.41) is 8.95. The number of carboxylic acid groups (broad SMARTS) is 1. The van der Waals surface area contributed by atoms with Crippen molar-refractivity contribution in [2.24, 2.45) is 0 Å². The Bertz CT molecular complexity index is 602. The summed E-state index contributed by atoms with van der Waals surface area (Å²) in [4.78, 5) is 11.2. The average molecular weight is 277 g/mol. The van der Waals surface area contributed by atoms with Crippen LogP contribution in [0.4, 0.5) is 10.1 Å². The molecule has 0 aliphatic carbocycles. The van der Waals surface area contributed by atoms with Gasteiger partial charge in [-0.3, -0.25) is 0 Å². The van der Waals surface area contributed by atoms with Gasteiger partial charge in [-0.15, -0.1) is 11.8 Å². The van der Waals surface area contributed by atoms with Crippen molar-refractivity contribution in [2.45, 2.75) is 10.6 Å². The van der Waals surface area contributed by atoms with Crippen molar-refractivity contribution in [1.29, 1.82) is 0 Å². The zero-order valence-electron chi connectivity index (χ0n) is 9.97. The molecule has 0 fully saturated rings. The Morgan fingerprint density at radius 2 is 1.95 bits per heavy atom. The molecule has 0 aromatic heterocycles. The van der Waals surface area contributed by atoms with Crippen LogP contribution in [0.1, 0.15) is 15.9 Å². The van der Waals surface area contributed by atoms with Gasteiger partial charge >= 0.3 is 5.97 Å². The smallest absolute Gasteiger partial charge is 0.337 e. The molecule has 0 bridgehead atoms. The maximum absolute atomic E-state index is 13.7. The van der Waals surface area contributed by atoms with E-state index in [0.717, 1.165) is 11.6 Å². The number of hydrogen-bond acceptors (Lipinski definition) is 3. The predicted octanol–water partition coefficient (Wildman–Crippen LogP) is 3.40. The third kappa shape index (κ3) is 3.26. The second-order valence-electron chi connectivity index (χ2n) is 3.95. The fourth-order valence-corrected chi connectivity index (χ4v) is 2.51. The average Bonchev–Trinajstić information content (AvgIpc) is 2.38. The van der Waals surface area contributed by atoms with Gasteiger partial charge in [-0.05, 0) is 17.7 Å². The van der Waals surface area contributed by atoms with Crippen molar-refractivity contribution in [1.82, 2.24) is 0 Å². The number of carbonyl (C=O) groups is 1. The number of nitrogen functional groups attached to an aromatic ring is 1. The zero-order chi connectivity index (χ0) is 13.8. The van der Waals surface area contributed by atoms with E-state index in [-0.39, 0.29) is 16.1 Å². The zero-order valence-corrected chi connectivity index (χ0v) is 10.8. The van der Waals surface area contributed by atoms with Crippen molar-refractivity contribution in [2.75, 3.05) is 5.73 Å². The van der Waals surface area contributed by atoms with E-state index in [4.69, 9.17) is 10.8 Å². The van der Waals surface area contributed by atoms with Crippen LogP contribution in [0.15, 0.2) is 47.4 Å². The molecule has 19 heavy (non-hydrogen) atoms. The fraction of sp³-hybridized carbons (Fsp3) is 0.0714. The maximum Gasteiger partial charge on any atom is 0.337 e. The lowest BCUT2D eigenvalue weighted by Crippen LogP contribution is -2.03. The van der Waals surface area contributed by atoms with E-state index < -0.39 is 11.8 Å². The summed E-state index contributed by atoms with van der Waals surface area (Å²) in [6, 6.07) is 11.9. The molecule has 0 atom stereocenters. The molecule has 2 rings (SSSR count).